The number of ketones is 2. The lowest BCUT2D eigenvalue weighted by atomic mass is 9.95. The first kappa shape index (κ1) is 66.1. The van der Waals surface area contributed by atoms with Crippen LogP contribution in [0, 0.1) is 31.6 Å². The molecule has 91 heavy (non-hydrogen) atoms. The third kappa shape index (κ3) is 17.0. The molecule has 0 fully saturated rings. The molecule has 9 rings (SSSR count). The van der Waals surface area contributed by atoms with Crippen LogP contribution in [0.25, 0.3) is 0 Å². The van der Waals surface area contributed by atoms with Crippen LogP contribution >= 0.6 is 24.0 Å². The van der Waals surface area contributed by atoms with E-state index in [9.17, 15) is 63.3 Å². The van der Waals surface area contributed by atoms with Gasteiger partial charge in [-0.25, -0.2) is 19.2 Å². The van der Waals surface area contributed by atoms with Crippen LogP contribution in [0.15, 0.2) is 194 Å². The summed E-state index contributed by atoms with van der Waals surface area (Å²) in [6, 6.07) is 47.4. The monoisotopic (exact) mass is 1330 g/mol. The molecule has 0 bridgehead atoms. The SMILES string of the molecule is C#Cc1cccc(NC(=O)c2cc(C(=O)c3ccc(C(=O)O)c(C(=O)Nc4cccc(Oc5cccc(Oc6cccc(NC(C)=O)c6)c5)c4)c3)ccc2C(=O)O)c1.C#Cc1cccc(NC(=O)c2cc(C(=O)c3ccc(C(=O)O)c(C)c3)ccc2C(=O)O)c1.I. The first-order chi connectivity index (χ1) is 43.1. The Morgan fingerprint density at radius 3 is 0.978 bits per heavy atom. The van der Waals surface area contributed by atoms with Crippen LogP contribution in [-0.4, -0.2) is 79.5 Å². The zero-order chi connectivity index (χ0) is 64.8. The second-order valence-electron chi connectivity index (χ2n) is 19.4. The molecule has 20 nitrogen and oxygen atoms in total. The summed E-state index contributed by atoms with van der Waals surface area (Å²) in [6.07, 6.45) is 10.8. The number of hydrogen-bond donors (Lipinski definition) is 8. The number of carbonyl (C=O) groups excluding carboxylic acids is 6. The van der Waals surface area contributed by atoms with Crippen molar-refractivity contribution in [3.63, 3.8) is 0 Å². The molecule has 21 heteroatoms. The molecule has 0 spiro atoms. The van der Waals surface area contributed by atoms with E-state index >= 15 is 0 Å². The van der Waals surface area contributed by atoms with Crippen LogP contribution < -0.4 is 30.7 Å². The number of aromatic carboxylic acids is 4. The lowest BCUT2D eigenvalue weighted by molar-refractivity contribution is -0.114. The van der Waals surface area contributed by atoms with Gasteiger partial charge in [-0.3, -0.25) is 28.8 Å². The second-order valence-corrected chi connectivity index (χ2v) is 19.4. The van der Waals surface area contributed by atoms with Crippen molar-refractivity contribution in [1.82, 2.24) is 0 Å². The zero-order valence-electron chi connectivity index (χ0n) is 47.7. The van der Waals surface area contributed by atoms with Crippen LogP contribution in [-0.2, 0) is 4.79 Å². The fourth-order valence-electron chi connectivity index (χ4n) is 8.88. The third-order valence-corrected chi connectivity index (χ3v) is 13.1. The number of rotatable bonds is 19. The Morgan fingerprint density at radius 1 is 0.352 bits per heavy atom. The van der Waals surface area contributed by atoms with Crippen molar-refractivity contribution in [3.05, 3.63) is 272 Å². The molecule has 0 radical (unpaired) electrons. The van der Waals surface area contributed by atoms with Gasteiger partial charge in [-0.1, -0.05) is 66.4 Å². The number of hydrogen-bond acceptors (Lipinski definition) is 12. The Morgan fingerprint density at radius 2 is 0.648 bits per heavy atom. The van der Waals surface area contributed by atoms with Gasteiger partial charge in [0.15, 0.2) is 11.6 Å². The summed E-state index contributed by atoms with van der Waals surface area (Å²) in [5.41, 5.74) is 1.15. The Kier molecular flexibility index (Phi) is 21.6. The predicted molar refractivity (Wildman–Crippen MR) is 347 cm³/mol. The first-order valence-electron chi connectivity index (χ1n) is 26.6. The lowest BCUT2D eigenvalue weighted by Crippen LogP contribution is -2.19. The van der Waals surface area contributed by atoms with Gasteiger partial charge in [0, 0.05) is 81.3 Å². The van der Waals surface area contributed by atoms with E-state index in [0.29, 0.717) is 56.8 Å². The Labute approximate surface area is 535 Å². The highest BCUT2D eigenvalue weighted by atomic mass is 127. The Hall–Kier alpha value is -12.5. The van der Waals surface area contributed by atoms with Crippen molar-refractivity contribution in [2.75, 3.05) is 21.3 Å². The molecule has 0 aromatic heterocycles. The number of anilines is 4. The number of benzene rings is 9. The number of ether oxygens (including phenoxy) is 2. The average molecular weight is 1330 g/mol. The average Bonchev–Trinajstić information content (AvgIpc) is 1.15. The van der Waals surface area contributed by atoms with Gasteiger partial charge in [-0.05, 0) is 134 Å². The largest absolute Gasteiger partial charge is 0.478 e. The lowest BCUT2D eigenvalue weighted by Gasteiger charge is -2.13. The molecule has 0 unspecified atom stereocenters. The topological polar surface area (TPSA) is 318 Å². The van der Waals surface area contributed by atoms with E-state index in [1.54, 1.807) is 116 Å². The number of halogens is 1. The number of carboxylic acid groups (broad SMARTS) is 4. The maximum absolute atomic E-state index is 13.7. The summed E-state index contributed by atoms with van der Waals surface area (Å²) in [6.45, 7) is 2.97. The minimum absolute atomic E-state index is 0. The number of nitrogens with one attached hydrogen (secondary N) is 4. The Bertz CT molecular complexity index is 4540. The molecule has 0 aliphatic rings. The molecular weight excluding hydrogens is 1280 g/mol. The molecule has 452 valence electrons. The normalized spacial score (nSPS) is 10.2. The van der Waals surface area contributed by atoms with Crippen LogP contribution in [0.3, 0.4) is 0 Å². The maximum atomic E-state index is 13.7. The number of carbonyl (C=O) groups is 10. The van der Waals surface area contributed by atoms with E-state index in [-0.39, 0.29) is 91.2 Å². The minimum atomic E-state index is -1.43. The highest BCUT2D eigenvalue weighted by Gasteiger charge is 2.25. The van der Waals surface area contributed by atoms with Gasteiger partial charge < -0.3 is 51.2 Å². The highest BCUT2D eigenvalue weighted by molar-refractivity contribution is 14.0. The van der Waals surface area contributed by atoms with Gasteiger partial charge in [0.2, 0.25) is 5.91 Å². The molecule has 8 N–H and O–H groups in total. The first-order valence-corrected chi connectivity index (χ1v) is 26.6. The predicted octanol–water partition coefficient (Wildman–Crippen LogP) is 12.8. The second kappa shape index (κ2) is 29.8. The summed E-state index contributed by atoms with van der Waals surface area (Å²) in [4.78, 5) is 125. The van der Waals surface area contributed by atoms with Gasteiger partial charge >= 0.3 is 23.9 Å². The van der Waals surface area contributed by atoms with E-state index in [1.165, 1.54) is 67.6 Å². The van der Waals surface area contributed by atoms with Crippen molar-refractivity contribution < 1.29 is 77.8 Å². The van der Waals surface area contributed by atoms with Crippen molar-refractivity contribution >= 4 is 106 Å². The van der Waals surface area contributed by atoms with Crippen LogP contribution in [0.2, 0.25) is 0 Å². The molecule has 0 atom stereocenters. The fraction of sp³-hybridized carbons (Fsp3) is 0.0286. The van der Waals surface area contributed by atoms with E-state index < -0.39 is 58.7 Å². The molecular formula is C70H49IN4O16. The molecule has 0 saturated heterocycles. The van der Waals surface area contributed by atoms with E-state index in [2.05, 4.69) is 33.1 Å². The number of terminal acetylenes is 2. The van der Waals surface area contributed by atoms with Crippen molar-refractivity contribution in [1.29, 1.82) is 0 Å². The minimum Gasteiger partial charge on any atom is -0.478 e. The zero-order valence-corrected chi connectivity index (χ0v) is 50.1. The molecule has 0 heterocycles. The van der Waals surface area contributed by atoms with E-state index in [0.717, 1.165) is 24.3 Å². The number of carboxylic acids is 4. The van der Waals surface area contributed by atoms with Gasteiger partial charge in [-0.15, -0.1) is 36.8 Å². The van der Waals surface area contributed by atoms with E-state index in [4.69, 9.17) is 27.4 Å². The van der Waals surface area contributed by atoms with Gasteiger partial charge in [0.1, 0.15) is 23.0 Å². The molecule has 9 aromatic rings. The van der Waals surface area contributed by atoms with Crippen molar-refractivity contribution in [3.8, 4) is 47.7 Å². The Balaban J connectivity index is 0.000000301. The van der Waals surface area contributed by atoms with Crippen LogP contribution in [0.4, 0.5) is 22.7 Å². The maximum Gasteiger partial charge on any atom is 0.336 e. The van der Waals surface area contributed by atoms with Crippen LogP contribution in [0.5, 0.6) is 23.0 Å². The summed E-state index contributed by atoms with van der Waals surface area (Å²) in [5, 5.41) is 48.8. The third-order valence-electron chi connectivity index (χ3n) is 13.1. The molecule has 9 aromatic carbocycles. The number of aryl methyl sites for hydroxylation is 1. The highest BCUT2D eigenvalue weighted by Crippen LogP contribution is 2.32. The van der Waals surface area contributed by atoms with E-state index in [1.807, 2.05) is 0 Å². The summed E-state index contributed by atoms with van der Waals surface area (Å²) >= 11 is 0. The number of amides is 4. The summed E-state index contributed by atoms with van der Waals surface area (Å²) < 4.78 is 12.0. The van der Waals surface area contributed by atoms with Gasteiger partial charge in [0.05, 0.1) is 38.9 Å². The molecule has 0 aliphatic heterocycles. The quantitative estimate of drug-likeness (QED) is 0.0212. The standard InChI is InChI=1S/C45H31N3O10.C25H17NO6.HI/c1-3-27-8-4-9-30(20-27)47-42(51)39-21-28(16-18-37(39)44(53)54)41(50)29-17-19-38(45(55)56)40(22-29)43(52)48-32-11-6-13-34(24-32)58-36-15-7-14-35(25-36)57-33-12-5-10-31(23-33)46-26(2)49;1-3-15-5-4-6-18(12-15)26-23(28)21-13-17(8-10-20(21)25(31)32)22(27)16-7-9-19(24(29)30)14(2)11-16;/h1,4-25H,2H3,(H,46,49)(H,47,51)(H,48,52)(H,53,54)(H,55,56);1,4-13H,2H3,(H,26,28)(H,29,30)(H,31,32);1H. The molecule has 0 saturated carbocycles. The van der Waals surface area contributed by atoms with Crippen LogP contribution in [0.1, 0.15) is 128 Å². The molecule has 4 amide bonds. The van der Waals surface area contributed by atoms with Gasteiger partial charge in [0.25, 0.3) is 17.7 Å². The fourth-order valence-corrected chi connectivity index (χ4v) is 8.88. The molecule has 0 aliphatic carbocycles. The summed E-state index contributed by atoms with van der Waals surface area (Å²) in [7, 11) is 0. The van der Waals surface area contributed by atoms with Crippen molar-refractivity contribution in [2.45, 2.75) is 13.8 Å². The smallest absolute Gasteiger partial charge is 0.336 e. The van der Waals surface area contributed by atoms with Gasteiger partial charge in [-0.2, -0.15) is 0 Å². The van der Waals surface area contributed by atoms with Crippen molar-refractivity contribution in [2.24, 2.45) is 0 Å². The summed E-state index contributed by atoms with van der Waals surface area (Å²) in [5.74, 6) is -2.56.